The van der Waals surface area contributed by atoms with E-state index in [1.54, 1.807) is 13.2 Å². The first-order valence-corrected chi connectivity index (χ1v) is 6.49. The Hall–Kier alpha value is -0.880. The number of nitrogens with one attached hydrogen (secondary N) is 1. The third-order valence-corrected chi connectivity index (χ3v) is 3.48. The first kappa shape index (κ1) is 12.6. The van der Waals surface area contributed by atoms with Gasteiger partial charge in [0, 0.05) is 26.3 Å². The number of rotatable bonds is 2. The highest BCUT2D eigenvalue weighted by Crippen LogP contribution is 2.29. The van der Waals surface area contributed by atoms with E-state index < -0.39 is 5.60 Å². The molecule has 1 aliphatic heterocycles. The number of aliphatic hydroxyl groups is 1. The lowest BCUT2D eigenvalue weighted by Gasteiger charge is -2.37. The molecule has 0 radical (unpaired) electrons. The van der Waals surface area contributed by atoms with Crippen molar-refractivity contribution in [1.82, 2.24) is 9.97 Å². The van der Waals surface area contributed by atoms with Crippen LogP contribution < -0.4 is 10.2 Å². The van der Waals surface area contributed by atoms with E-state index in [9.17, 15) is 5.11 Å². The third-order valence-electron chi connectivity index (χ3n) is 2.92. The van der Waals surface area contributed by atoms with Gasteiger partial charge in [-0.05, 0) is 35.7 Å². The lowest BCUT2D eigenvalue weighted by atomic mass is 9.95. The highest BCUT2D eigenvalue weighted by molar-refractivity contribution is 9.10. The van der Waals surface area contributed by atoms with Gasteiger partial charge in [0.2, 0.25) is 5.95 Å². The molecule has 1 aliphatic rings. The Labute approximate surface area is 109 Å². The first-order valence-electron chi connectivity index (χ1n) is 5.69. The van der Waals surface area contributed by atoms with Gasteiger partial charge in [-0.3, -0.25) is 0 Å². The molecule has 0 aromatic carbocycles. The van der Waals surface area contributed by atoms with Crippen molar-refractivity contribution in [1.29, 1.82) is 0 Å². The van der Waals surface area contributed by atoms with Crippen molar-refractivity contribution in [3.63, 3.8) is 0 Å². The molecule has 2 rings (SSSR count). The highest BCUT2D eigenvalue weighted by atomic mass is 79.9. The average Bonchev–Trinajstić information content (AvgIpc) is 2.28. The number of halogens is 1. The number of hydrogen-bond donors (Lipinski definition) is 2. The summed E-state index contributed by atoms with van der Waals surface area (Å²) in [5.41, 5.74) is -0.636. The summed E-state index contributed by atoms with van der Waals surface area (Å²) < 4.78 is 0.856. The molecule has 1 saturated heterocycles. The fourth-order valence-electron chi connectivity index (χ4n) is 2.10. The van der Waals surface area contributed by atoms with Crippen LogP contribution in [0.15, 0.2) is 10.7 Å². The third kappa shape index (κ3) is 2.87. The van der Waals surface area contributed by atoms with Gasteiger partial charge < -0.3 is 15.3 Å². The van der Waals surface area contributed by atoms with Crippen molar-refractivity contribution in [2.24, 2.45) is 0 Å². The number of anilines is 2. The van der Waals surface area contributed by atoms with Gasteiger partial charge in [0.15, 0.2) is 0 Å². The Morgan fingerprint density at radius 2 is 2.35 bits per heavy atom. The number of hydrogen-bond acceptors (Lipinski definition) is 5. The first-order chi connectivity index (χ1) is 8.02. The number of β-amino-alcohol motifs (C(OH)–C–C–N with tert-alkyl or cyclic N) is 1. The second kappa shape index (κ2) is 4.78. The normalized spacial score (nSPS) is 24.8. The molecule has 0 bridgehead atoms. The second-order valence-electron chi connectivity index (χ2n) is 4.64. The summed E-state index contributed by atoms with van der Waals surface area (Å²) in [6.45, 7) is 3.38. The van der Waals surface area contributed by atoms with E-state index in [-0.39, 0.29) is 0 Å². The maximum absolute atomic E-state index is 10.1. The molecule has 1 aromatic rings. The van der Waals surface area contributed by atoms with Crippen LogP contribution in [0, 0.1) is 0 Å². The van der Waals surface area contributed by atoms with Crippen molar-refractivity contribution < 1.29 is 5.11 Å². The van der Waals surface area contributed by atoms with Gasteiger partial charge in [-0.2, -0.15) is 4.98 Å². The van der Waals surface area contributed by atoms with Gasteiger partial charge in [0.25, 0.3) is 0 Å². The Balaban J connectivity index is 2.26. The molecule has 0 amide bonds. The average molecular weight is 301 g/mol. The lowest BCUT2D eigenvalue weighted by molar-refractivity contribution is 0.0446. The minimum absolute atomic E-state index is 0.591. The molecule has 94 valence electrons. The monoisotopic (exact) mass is 300 g/mol. The van der Waals surface area contributed by atoms with E-state index in [2.05, 4.69) is 36.1 Å². The molecule has 0 spiro atoms. The Morgan fingerprint density at radius 1 is 1.59 bits per heavy atom. The lowest BCUT2D eigenvalue weighted by Crippen LogP contribution is -2.46. The number of piperidine rings is 1. The van der Waals surface area contributed by atoms with Crippen LogP contribution in [0.2, 0.25) is 0 Å². The summed E-state index contributed by atoms with van der Waals surface area (Å²) in [7, 11) is 1.79. The van der Waals surface area contributed by atoms with Crippen molar-refractivity contribution in [3.8, 4) is 0 Å². The summed E-state index contributed by atoms with van der Waals surface area (Å²) in [6, 6.07) is 0. The summed E-state index contributed by atoms with van der Waals surface area (Å²) in [5.74, 6) is 1.43. The fraction of sp³-hybridized carbons (Fsp3) is 0.636. The van der Waals surface area contributed by atoms with Crippen molar-refractivity contribution >= 4 is 27.7 Å². The SMILES string of the molecule is CNc1ncc(Br)c(N2CCCC(C)(O)C2)n1. The Kier molecular flexibility index (Phi) is 3.53. The molecule has 1 fully saturated rings. The zero-order valence-corrected chi connectivity index (χ0v) is 11.7. The summed E-state index contributed by atoms with van der Waals surface area (Å²) >= 11 is 3.46. The Bertz CT molecular complexity index is 410. The summed E-state index contributed by atoms with van der Waals surface area (Å²) in [4.78, 5) is 10.6. The van der Waals surface area contributed by atoms with Crippen molar-refractivity contribution in [3.05, 3.63) is 10.7 Å². The van der Waals surface area contributed by atoms with E-state index >= 15 is 0 Å². The minimum Gasteiger partial charge on any atom is -0.388 e. The summed E-state index contributed by atoms with van der Waals surface area (Å²) in [5, 5.41) is 13.0. The molecule has 2 heterocycles. The quantitative estimate of drug-likeness (QED) is 0.869. The van der Waals surface area contributed by atoms with Gasteiger partial charge in [0.05, 0.1) is 10.1 Å². The topological polar surface area (TPSA) is 61.3 Å². The van der Waals surface area contributed by atoms with Crippen LogP contribution in [-0.4, -0.2) is 40.8 Å². The van der Waals surface area contributed by atoms with E-state index in [1.807, 2.05) is 6.92 Å². The molecular weight excluding hydrogens is 284 g/mol. The van der Waals surface area contributed by atoms with Crippen LogP contribution >= 0.6 is 15.9 Å². The maximum Gasteiger partial charge on any atom is 0.224 e. The van der Waals surface area contributed by atoms with Crippen LogP contribution in [0.1, 0.15) is 19.8 Å². The van der Waals surface area contributed by atoms with Gasteiger partial charge in [0.1, 0.15) is 5.82 Å². The molecule has 0 saturated carbocycles. The van der Waals surface area contributed by atoms with Crippen LogP contribution in [0.4, 0.5) is 11.8 Å². The molecule has 1 atom stereocenters. The van der Waals surface area contributed by atoms with Crippen LogP contribution in [0.5, 0.6) is 0 Å². The van der Waals surface area contributed by atoms with E-state index in [1.165, 1.54) is 0 Å². The van der Waals surface area contributed by atoms with Gasteiger partial charge in [-0.25, -0.2) is 4.98 Å². The summed E-state index contributed by atoms with van der Waals surface area (Å²) in [6.07, 6.45) is 3.54. The predicted molar refractivity (Wildman–Crippen MR) is 71.3 cm³/mol. The maximum atomic E-state index is 10.1. The predicted octanol–water partition coefficient (Wildman–Crippen LogP) is 1.63. The zero-order chi connectivity index (χ0) is 12.5. The number of nitrogens with zero attached hydrogens (tertiary/aromatic N) is 3. The second-order valence-corrected chi connectivity index (χ2v) is 5.49. The Morgan fingerprint density at radius 3 is 3.00 bits per heavy atom. The molecular formula is C11H17BrN4O. The molecule has 6 heteroatoms. The largest absolute Gasteiger partial charge is 0.388 e. The zero-order valence-electron chi connectivity index (χ0n) is 10.1. The van der Waals surface area contributed by atoms with Crippen molar-refractivity contribution in [2.75, 3.05) is 30.4 Å². The molecule has 17 heavy (non-hydrogen) atoms. The van der Waals surface area contributed by atoms with Gasteiger partial charge in [-0.15, -0.1) is 0 Å². The number of aromatic nitrogens is 2. The standard InChI is InChI=1S/C11H17BrN4O/c1-11(17)4-3-5-16(7-11)9-8(12)6-14-10(13-2)15-9/h6,17H,3-5,7H2,1-2H3,(H,13,14,15). The molecule has 0 aliphatic carbocycles. The van der Waals surface area contributed by atoms with E-state index in [4.69, 9.17) is 0 Å². The van der Waals surface area contributed by atoms with E-state index in [0.29, 0.717) is 12.5 Å². The molecule has 1 aromatic heterocycles. The van der Waals surface area contributed by atoms with Crippen LogP contribution in [-0.2, 0) is 0 Å². The molecule has 1 unspecified atom stereocenters. The molecule has 2 N–H and O–H groups in total. The van der Waals surface area contributed by atoms with Crippen LogP contribution in [0.25, 0.3) is 0 Å². The van der Waals surface area contributed by atoms with Crippen molar-refractivity contribution in [2.45, 2.75) is 25.4 Å². The smallest absolute Gasteiger partial charge is 0.224 e. The fourth-order valence-corrected chi connectivity index (χ4v) is 2.54. The van der Waals surface area contributed by atoms with E-state index in [0.717, 1.165) is 29.7 Å². The highest BCUT2D eigenvalue weighted by Gasteiger charge is 2.30. The van der Waals surface area contributed by atoms with Crippen LogP contribution in [0.3, 0.4) is 0 Å². The van der Waals surface area contributed by atoms with Gasteiger partial charge >= 0.3 is 0 Å². The minimum atomic E-state index is -0.636. The molecule has 5 nitrogen and oxygen atoms in total. The van der Waals surface area contributed by atoms with Gasteiger partial charge in [-0.1, -0.05) is 0 Å².